The molecular weight excluding hydrogens is 426 g/mol. The number of rotatable bonds is 5. The lowest BCUT2D eigenvalue weighted by atomic mass is 9.97. The van der Waals surface area contributed by atoms with Crippen molar-refractivity contribution in [1.29, 1.82) is 0 Å². The number of para-hydroxylation sites is 2. The highest BCUT2D eigenvalue weighted by Gasteiger charge is 2.36. The second-order valence-corrected chi connectivity index (χ2v) is 10.4. The van der Waals surface area contributed by atoms with Crippen LogP contribution in [0.3, 0.4) is 0 Å². The number of aryl methyl sites for hydroxylation is 1. The van der Waals surface area contributed by atoms with Gasteiger partial charge < -0.3 is 14.5 Å². The molecule has 1 amide bonds. The Kier molecular flexibility index (Phi) is 6.71. The number of piperidine rings is 1. The number of anilines is 1. The fourth-order valence-corrected chi connectivity index (χ4v) is 6.06. The van der Waals surface area contributed by atoms with Crippen molar-refractivity contribution in [2.24, 2.45) is 5.92 Å². The van der Waals surface area contributed by atoms with Crippen LogP contribution in [0.25, 0.3) is 0 Å². The summed E-state index contributed by atoms with van der Waals surface area (Å²) in [5.41, 5.74) is 2.05. The molecule has 2 fully saturated rings. The second kappa shape index (κ2) is 9.50. The molecule has 32 heavy (non-hydrogen) atoms. The van der Waals surface area contributed by atoms with E-state index >= 15 is 0 Å². The van der Waals surface area contributed by atoms with Crippen LogP contribution in [-0.4, -0.2) is 69.9 Å². The third-order valence-electron chi connectivity index (χ3n) is 6.41. The van der Waals surface area contributed by atoms with Gasteiger partial charge in [0.05, 0.1) is 23.6 Å². The van der Waals surface area contributed by atoms with Crippen LogP contribution in [0.5, 0.6) is 5.75 Å². The van der Waals surface area contributed by atoms with E-state index in [4.69, 9.17) is 4.74 Å². The SMILES string of the molecule is COc1ccccc1N1CCN(C(=O)[C@H]2CCCN(S(=O)(=O)c3ccc(C)cc3)C2)CC1. The van der Waals surface area contributed by atoms with Gasteiger partial charge in [-0.25, -0.2) is 8.42 Å². The van der Waals surface area contributed by atoms with Gasteiger partial charge in [0.15, 0.2) is 0 Å². The summed E-state index contributed by atoms with van der Waals surface area (Å²) in [6.07, 6.45) is 1.42. The number of carbonyl (C=O) groups excluding carboxylic acids is 1. The van der Waals surface area contributed by atoms with Crippen molar-refractivity contribution in [3.63, 3.8) is 0 Å². The molecular formula is C24H31N3O4S. The maximum absolute atomic E-state index is 13.2. The summed E-state index contributed by atoms with van der Waals surface area (Å²) in [7, 11) is -1.92. The van der Waals surface area contributed by atoms with Crippen molar-refractivity contribution in [1.82, 2.24) is 9.21 Å². The molecule has 2 aliphatic rings. The third kappa shape index (κ3) is 4.61. The Morgan fingerprint density at radius 2 is 1.66 bits per heavy atom. The summed E-state index contributed by atoms with van der Waals surface area (Å²) in [6.45, 7) is 5.34. The molecule has 0 saturated carbocycles. The molecule has 1 atom stereocenters. The number of piperazine rings is 1. The lowest BCUT2D eigenvalue weighted by molar-refractivity contribution is -0.137. The molecule has 7 nitrogen and oxygen atoms in total. The molecule has 2 aliphatic heterocycles. The zero-order valence-corrected chi connectivity index (χ0v) is 19.6. The van der Waals surface area contributed by atoms with Gasteiger partial charge in [0, 0.05) is 39.3 Å². The third-order valence-corrected chi connectivity index (χ3v) is 8.29. The van der Waals surface area contributed by atoms with Gasteiger partial charge in [-0.3, -0.25) is 4.79 Å². The van der Waals surface area contributed by atoms with Crippen LogP contribution in [0.15, 0.2) is 53.4 Å². The molecule has 0 unspecified atom stereocenters. The number of carbonyl (C=O) groups is 1. The fraction of sp³-hybridized carbons (Fsp3) is 0.458. The largest absolute Gasteiger partial charge is 0.495 e. The Labute approximate surface area is 190 Å². The first-order valence-corrected chi connectivity index (χ1v) is 12.6. The van der Waals surface area contributed by atoms with Crippen molar-refractivity contribution in [2.45, 2.75) is 24.7 Å². The van der Waals surface area contributed by atoms with Gasteiger partial charge in [0.25, 0.3) is 0 Å². The quantitative estimate of drug-likeness (QED) is 0.691. The molecule has 2 aromatic rings. The summed E-state index contributed by atoms with van der Waals surface area (Å²) in [6, 6.07) is 14.8. The van der Waals surface area contributed by atoms with Crippen molar-refractivity contribution in [2.75, 3.05) is 51.3 Å². The summed E-state index contributed by atoms with van der Waals surface area (Å²) in [4.78, 5) is 17.6. The molecule has 172 valence electrons. The molecule has 0 aliphatic carbocycles. The highest BCUT2D eigenvalue weighted by molar-refractivity contribution is 7.89. The molecule has 2 aromatic carbocycles. The van der Waals surface area contributed by atoms with Crippen LogP contribution >= 0.6 is 0 Å². The predicted octanol–water partition coefficient (Wildman–Crippen LogP) is 2.75. The number of benzene rings is 2. The van der Waals surface area contributed by atoms with Crippen molar-refractivity contribution < 1.29 is 17.9 Å². The maximum atomic E-state index is 13.2. The van der Waals surface area contributed by atoms with Gasteiger partial charge >= 0.3 is 0 Å². The predicted molar refractivity (Wildman–Crippen MR) is 124 cm³/mol. The number of nitrogens with zero attached hydrogens (tertiary/aromatic N) is 3. The number of methoxy groups -OCH3 is 1. The van der Waals surface area contributed by atoms with Crippen LogP contribution in [-0.2, 0) is 14.8 Å². The zero-order chi connectivity index (χ0) is 22.7. The van der Waals surface area contributed by atoms with Gasteiger partial charge in [-0.1, -0.05) is 29.8 Å². The normalized spacial score (nSPS) is 20.2. The van der Waals surface area contributed by atoms with Crippen LogP contribution in [0.4, 0.5) is 5.69 Å². The van der Waals surface area contributed by atoms with Crippen LogP contribution in [0.1, 0.15) is 18.4 Å². The average Bonchev–Trinajstić information content (AvgIpc) is 2.84. The first-order chi connectivity index (χ1) is 15.4. The Hall–Kier alpha value is -2.58. The number of sulfonamides is 1. The van der Waals surface area contributed by atoms with Crippen LogP contribution < -0.4 is 9.64 Å². The molecule has 2 heterocycles. The molecule has 0 radical (unpaired) electrons. The maximum Gasteiger partial charge on any atom is 0.243 e. The van der Waals surface area contributed by atoms with Gasteiger partial charge in [-0.2, -0.15) is 4.31 Å². The van der Waals surface area contributed by atoms with E-state index in [1.807, 2.05) is 36.1 Å². The average molecular weight is 458 g/mol. The van der Waals surface area contributed by atoms with E-state index in [0.717, 1.165) is 36.5 Å². The molecule has 4 rings (SSSR count). The topological polar surface area (TPSA) is 70.2 Å². The van der Waals surface area contributed by atoms with Gasteiger partial charge in [0.1, 0.15) is 5.75 Å². The van der Waals surface area contributed by atoms with Crippen molar-refractivity contribution in [3.05, 3.63) is 54.1 Å². The molecule has 0 aromatic heterocycles. The lowest BCUT2D eigenvalue weighted by Crippen LogP contribution is -2.53. The Morgan fingerprint density at radius 3 is 2.34 bits per heavy atom. The first kappa shape index (κ1) is 22.6. The van der Waals surface area contributed by atoms with Crippen LogP contribution in [0.2, 0.25) is 0 Å². The smallest absolute Gasteiger partial charge is 0.243 e. The van der Waals surface area contributed by atoms with E-state index in [-0.39, 0.29) is 18.4 Å². The summed E-state index contributed by atoms with van der Waals surface area (Å²) >= 11 is 0. The van der Waals surface area contributed by atoms with Gasteiger partial charge in [0.2, 0.25) is 15.9 Å². The number of ether oxygens (including phenoxy) is 1. The van der Waals surface area contributed by atoms with Crippen molar-refractivity contribution in [3.8, 4) is 5.75 Å². The summed E-state index contributed by atoms with van der Waals surface area (Å²) < 4.78 is 33.1. The first-order valence-electron chi connectivity index (χ1n) is 11.1. The molecule has 8 heteroatoms. The molecule has 2 saturated heterocycles. The highest BCUT2D eigenvalue weighted by atomic mass is 32.2. The Bertz CT molecular complexity index is 1050. The van der Waals surface area contributed by atoms with Crippen LogP contribution in [0, 0.1) is 12.8 Å². The fourth-order valence-electron chi connectivity index (χ4n) is 4.54. The van der Waals surface area contributed by atoms with E-state index in [1.54, 1.807) is 31.4 Å². The summed E-state index contributed by atoms with van der Waals surface area (Å²) in [5.74, 6) is 0.603. The van der Waals surface area contributed by atoms with Gasteiger partial charge in [-0.15, -0.1) is 0 Å². The minimum Gasteiger partial charge on any atom is -0.495 e. The second-order valence-electron chi connectivity index (χ2n) is 8.50. The number of amides is 1. The monoisotopic (exact) mass is 457 g/mol. The minimum absolute atomic E-state index is 0.0634. The van der Waals surface area contributed by atoms with E-state index < -0.39 is 10.0 Å². The van der Waals surface area contributed by atoms with Gasteiger partial charge in [-0.05, 0) is 44.0 Å². The number of hydrogen-bond acceptors (Lipinski definition) is 5. The number of hydrogen-bond donors (Lipinski definition) is 0. The standard InChI is InChI=1S/C24H31N3O4S/c1-19-9-11-21(12-10-19)32(29,30)27-13-5-6-20(18-27)24(28)26-16-14-25(15-17-26)22-7-3-4-8-23(22)31-2/h3-4,7-12,20H,5-6,13-18H2,1-2H3/t20-/m0/s1. The molecule has 0 N–H and O–H groups in total. The highest BCUT2D eigenvalue weighted by Crippen LogP contribution is 2.29. The minimum atomic E-state index is -3.59. The van der Waals surface area contributed by atoms with E-state index in [9.17, 15) is 13.2 Å². The molecule has 0 spiro atoms. The van der Waals surface area contributed by atoms with E-state index in [0.29, 0.717) is 31.0 Å². The lowest BCUT2D eigenvalue weighted by Gasteiger charge is -2.39. The Morgan fingerprint density at radius 1 is 0.969 bits per heavy atom. The summed E-state index contributed by atoms with van der Waals surface area (Å²) in [5, 5.41) is 0. The zero-order valence-electron chi connectivity index (χ0n) is 18.7. The van der Waals surface area contributed by atoms with E-state index in [2.05, 4.69) is 4.90 Å². The molecule has 0 bridgehead atoms. The van der Waals surface area contributed by atoms with Crippen molar-refractivity contribution >= 4 is 21.6 Å². The Balaban J connectivity index is 1.39. The van der Waals surface area contributed by atoms with E-state index in [1.165, 1.54) is 4.31 Å².